The molecule has 0 bridgehead atoms. The van der Waals surface area contributed by atoms with Crippen molar-refractivity contribution in [1.29, 1.82) is 0 Å². The molecular weight excluding hydrogens is 348 g/mol. The summed E-state index contributed by atoms with van der Waals surface area (Å²) in [6.45, 7) is 0.413. The Bertz CT molecular complexity index is 1010. The molecule has 0 aliphatic carbocycles. The molecular formula is C19H16N4O2S. The Morgan fingerprint density at radius 1 is 1.23 bits per heavy atom. The highest BCUT2D eigenvalue weighted by atomic mass is 32.1. The van der Waals surface area contributed by atoms with Gasteiger partial charge in [0.1, 0.15) is 11.3 Å². The molecule has 7 heteroatoms. The summed E-state index contributed by atoms with van der Waals surface area (Å²) < 4.78 is 5.31. The number of aromatic amines is 1. The number of H-pyrrole nitrogens is 1. The molecule has 0 saturated heterocycles. The van der Waals surface area contributed by atoms with E-state index in [1.807, 2.05) is 53.9 Å². The maximum atomic E-state index is 12.8. The number of carbonyl (C=O) groups excluding carboxylic acids is 1. The minimum absolute atomic E-state index is 0.155. The van der Waals surface area contributed by atoms with Crippen LogP contribution in [-0.2, 0) is 6.54 Å². The number of aromatic nitrogens is 3. The summed E-state index contributed by atoms with van der Waals surface area (Å²) in [4.78, 5) is 15.5. The van der Waals surface area contributed by atoms with E-state index in [1.165, 1.54) is 6.20 Å². The monoisotopic (exact) mass is 364 g/mol. The number of thiophene rings is 1. The van der Waals surface area contributed by atoms with E-state index in [4.69, 9.17) is 4.52 Å². The first-order chi connectivity index (χ1) is 12.7. The van der Waals surface area contributed by atoms with Gasteiger partial charge in [-0.1, -0.05) is 41.6 Å². The van der Waals surface area contributed by atoms with Crippen LogP contribution in [0.1, 0.15) is 16.1 Å². The lowest BCUT2D eigenvalue weighted by Crippen LogP contribution is -2.26. The SMILES string of the molecule is CN(Cc1cc(-c2cccs2)n[nH]1)C(=O)c1cnoc1-c1ccccc1. The summed E-state index contributed by atoms with van der Waals surface area (Å²) in [5.41, 5.74) is 3.01. The Hall–Kier alpha value is -3.19. The number of hydrogen-bond donors (Lipinski definition) is 1. The van der Waals surface area contributed by atoms with Crippen molar-refractivity contribution >= 4 is 17.2 Å². The number of nitrogens with one attached hydrogen (secondary N) is 1. The fraction of sp³-hybridized carbons (Fsp3) is 0.105. The van der Waals surface area contributed by atoms with E-state index in [1.54, 1.807) is 23.3 Å². The number of hydrogen-bond acceptors (Lipinski definition) is 5. The average molecular weight is 364 g/mol. The summed E-state index contributed by atoms with van der Waals surface area (Å²) in [5.74, 6) is 0.323. The third-order valence-corrected chi connectivity index (χ3v) is 4.89. The van der Waals surface area contributed by atoms with E-state index in [0.29, 0.717) is 17.9 Å². The molecule has 4 rings (SSSR count). The topological polar surface area (TPSA) is 75.0 Å². The predicted octanol–water partition coefficient (Wildman–Crippen LogP) is 4.07. The van der Waals surface area contributed by atoms with Gasteiger partial charge in [0.15, 0.2) is 5.76 Å². The van der Waals surface area contributed by atoms with Gasteiger partial charge in [-0.2, -0.15) is 5.10 Å². The molecule has 0 fully saturated rings. The van der Waals surface area contributed by atoms with Crippen LogP contribution in [0.4, 0.5) is 0 Å². The van der Waals surface area contributed by atoms with Crippen LogP contribution < -0.4 is 0 Å². The maximum Gasteiger partial charge on any atom is 0.259 e. The Morgan fingerprint density at radius 2 is 2.08 bits per heavy atom. The minimum atomic E-state index is -0.155. The fourth-order valence-electron chi connectivity index (χ4n) is 2.72. The molecule has 3 aromatic heterocycles. The lowest BCUT2D eigenvalue weighted by Gasteiger charge is -2.15. The molecule has 0 saturated carbocycles. The van der Waals surface area contributed by atoms with Crippen molar-refractivity contribution < 1.29 is 9.32 Å². The normalized spacial score (nSPS) is 10.8. The molecule has 4 aromatic rings. The quantitative estimate of drug-likeness (QED) is 0.579. The van der Waals surface area contributed by atoms with Crippen LogP contribution in [-0.4, -0.2) is 33.2 Å². The molecule has 26 heavy (non-hydrogen) atoms. The van der Waals surface area contributed by atoms with Crippen LogP contribution in [0.15, 0.2) is 64.6 Å². The van der Waals surface area contributed by atoms with Gasteiger partial charge < -0.3 is 9.42 Å². The van der Waals surface area contributed by atoms with Crippen LogP contribution in [0, 0.1) is 0 Å². The van der Waals surface area contributed by atoms with Crippen molar-refractivity contribution in [2.45, 2.75) is 6.54 Å². The van der Waals surface area contributed by atoms with Gasteiger partial charge in [0, 0.05) is 12.6 Å². The highest BCUT2D eigenvalue weighted by Crippen LogP contribution is 2.25. The molecule has 1 aromatic carbocycles. The van der Waals surface area contributed by atoms with E-state index in [2.05, 4.69) is 15.4 Å². The van der Waals surface area contributed by atoms with Crippen molar-refractivity contribution in [2.24, 2.45) is 0 Å². The van der Waals surface area contributed by atoms with E-state index in [0.717, 1.165) is 21.8 Å². The first kappa shape index (κ1) is 16.3. The summed E-state index contributed by atoms with van der Waals surface area (Å²) in [6, 6.07) is 15.4. The third kappa shape index (κ3) is 3.16. The van der Waals surface area contributed by atoms with Crippen LogP contribution >= 0.6 is 11.3 Å². The molecule has 130 valence electrons. The highest BCUT2D eigenvalue weighted by Gasteiger charge is 2.21. The van der Waals surface area contributed by atoms with Crippen molar-refractivity contribution in [3.05, 3.63) is 71.4 Å². The zero-order chi connectivity index (χ0) is 17.9. The number of rotatable bonds is 5. The average Bonchev–Trinajstić information content (AvgIpc) is 3.42. The van der Waals surface area contributed by atoms with E-state index in [9.17, 15) is 4.79 Å². The molecule has 0 radical (unpaired) electrons. The molecule has 1 N–H and O–H groups in total. The standard InChI is InChI=1S/C19H16N4O2S/c1-23(12-14-10-16(22-21-14)17-8-5-9-26-17)19(24)15-11-20-25-18(15)13-6-3-2-4-7-13/h2-11H,12H2,1H3,(H,21,22). The Morgan fingerprint density at radius 3 is 2.85 bits per heavy atom. The van der Waals surface area contributed by atoms with Gasteiger partial charge in [-0.3, -0.25) is 9.89 Å². The van der Waals surface area contributed by atoms with Gasteiger partial charge in [-0.15, -0.1) is 11.3 Å². The summed E-state index contributed by atoms with van der Waals surface area (Å²) >= 11 is 1.63. The summed E-state index contributed by atoms with van der Waals surface area (Å²) in [7, 11) is 1.75. The molecule has 0 spiro atoms. The van der Waals surface area contributed by atoms with E-state index < -0.39 is 0 Å². The van der Waals surface area contributed by atoms with Crippen molar-refractivity contribution in [3.63, 3.8) is 0 Å². The van der Waals surface area contributed by atoms with Crippen LogP contribution in [0.3, 0.4) is 0 Å². The number of carbonyl (C=O) groups is 1. The van der Waals surface area contributed by atoms with E-state index >= 15 is 0 Å². The first-order valence-corrected chi connectivity index (χ1v) is 8.94. The molecule has 3 heterocycles. The lowest BCUT2D eigenvalue weighted by atomic mass is 10.1. The molecule has 0 unspecified atom stereocenters. The fourth-order valence-corrected chi connectivity index (χ4v) is 3.40. The second kappa shape index (κ2) is 6.97. The van der Waals surface area contributed by atoms with Crippen LogP contribution in [0.25, 0.3) is 21.9 Å². The zero-order valence-corrected chi connectivity index (χ0v) is 14.9. The minimum Gasteiger partial charge on any atom is -0.355 e. The van der Waals surface area contributed by atoms with Crippen LogP contribution in [0.2, 0.25) is 0 Å². The van der Waals surface area contributed by atoms with Gasteiger partial charge >= 0.3 is 0 Å². The number of benzene rings is 1. The second-order valence-electron chi connectivity index (χ2n) is 5.85. The van der Waals surface area contributed by atoms with Gasteiger partial charge in [0.05, 0.1) is 23.3 Å². The Kier molecular flexibility index (Phi) is 4.37. The lowest BCUT2D eigenvalue weighted by molar-refractivity contribution is 0.0783. The third-order valence-electron chi connectivity index (χ3n) is 4.00. The number of nitrogens with zero attached hydrogens (tertiary/aromatic N) is 3. The van der Waals surface area contributed by atoms with Crippen LogP contribution in [0.5, 0.6) is 0 Å². The van der Waals surface area contributed by atoms with Crippen molar-refractivity contribution in [3.8, 4) is 21.9 Å². The molecule has 1 amide bonds. The summed E-state index contributed by atoms with van der Waals surface area (Å²) in [6.07, 6.45) is 1.46. The largest absolute Gasteiger partial charge is 0.355 e. The van der Waals surface area contributed by atoms with Gasteiger partial charge in [-0.05, 0) is 17.5 Å². The molecule has 0 aliphatic heterocycles. The Labute approximate surface area is 154 Å². The number of amides is 1. The molecule has 0 atom stereocenters. The highest BCUT2D eigenvalue weighted by molar-refractivity contribution is 7.13. The smallest absolute Gasteiger partial charge is 0.259 e. The van der Waals surface area contributed by atoms with Gasteiger partial charge in [0.2, 0.25) is 0 Å². The second-order valence-corrected chi connectivity index (χ2v) is 6.80. The van der Waals surface area contributed by atoms with Crippen molar-refractivity contribution in [1.82, 2.24) is 20.3 Å². The van der Waals surface area contributed by atoms with Gasteiger partial charge in [-0.25, -0.2) is 0 Å². The molecule has 6 nitrogen and oxygen atoms in total. The zero-order valence-electron chi connectivity index (χ0n) is 14.0. The first-order valence-electron chi connectivity index (χ1n) is 8.06. The summed E-state index contributed by atoms with van der Waals surface area (Å²) in [5, 5.41) is 13.1. The Balaban J connectivity index is 1.52. The van der Waals surface area contributed by atoms with Crippen molar-refractivity contribution in [2.75, 3.05) is 7.05 Å². The maximum absolute atomic E-state index is 12.8. The van der Waals surface area contributed by atoms with E-state index in [-0.39, 0.29) is 5.91 Å². The molecule has 0 aliphatic rings. The predicted molar refractivity (Wildman–Crippen MR) is 99.6 cm³/mol. The van der Waals surface area contributed by atoms with Gasteiger partial charge in [0.25, 0.3) is 5.91 Å².